The monoisotopic (exact) mass is 354 g/mol. The largest absolute Gasteiger partial charge is 0.338 e. The second-order valence-corrected chi connectivity index (χ2v) is 7.03. The van der Waals surface area contributed by atoms with Crippen molar-refractivity contribution in [2.75, 3.05) is 23.9 Å². The maximum Gasteiger partial charge on any atom is 0.242 e. The van der Waals surface area contributed by atoms with Gasteiger partial charge in [0.05, 0.1) is 0 Å². The van der Waals surface area contributed by atoms with Crippen LogP contribution in [0.1, 0.15) is 20.7 Å². The molecule has 2 aliphatic rings. The predicted molar refractivity (Wildman–Crippen MR) is 107 cm³/mol. The normalized spacial score (nSPS) is 16.8. The minimum absolute atomic E-state index is 0.181. The summed E-state index contributed by atoms with van der Waals surface area (Å²) in [5.74, 6) is -0.362. The van der Waals surface area contributed by atoms with Crippen molar-refractivity contribution in [1.29, 1.82) is 0 Å². The average molecular weight is 354 g/mol. The second kappa shape index (κ2) is 5.30. The van der Waals surface area contributed by atoms with E-state index >= 15 is 0 Å². The Bertz CT molecular complexity index is 1030. The fourth-order valence-electron chi connectivity index (χ4n) is 4.53. The quantitative estimate of drug-likeness (QED) is 0.572. The van der Waals surface area contributed by atoms with Gasteiger partial charge in [0.2, 0.25) is 17.2 Å². The van der Waals surface area contributed by atoms with E-state index in [1.165, 1.54) is 0 Å². The van der Waals surface area contributed by atoms with E-state index in [2.05, 4.69) is 0 Å². The highest BCUT2D eigenvalue weighted by molar-refractivity contribution is 6.36. The third-order valence-corrected chi connectivity index (χ3v) is 5.84. The number of likely N-dealkylation sites (N-methyl/N-ethyl adjacent to an activating group) is 2. The van der Waals surface area contributed by atoms with Crippen LogP contribution in [-0.4, -0.2) is 31.3 Å². The van der Waals surface area contributed by atoms with E-state index in [4.69, 9.17) is 0 Å². The lowest BCUT2D eigenvalue weighted by Gasteiger charge is -2.43. The first-order valence-electron chi connectivity index (χ1n) is 8.93. The first-order valence-corrected chi connectivity index (χ1v) is 8.93. The van der Waals surface area contributed by atoms with Gasteiger partial charge in [-0.15, -0.1) is 0 Å². The molecular formula is C23H18N2O2. The standard InChI is InChI=1S/C23H18N2O2/c1-24-19-13-7-5-9-15(19)16-10-6-8-14-20(16)25(2)23(24)21(26)17-11-3-4-12-18(17)22(23)27/h3-14H,1-2H3. The molecule has 4 heteroatoms. The Balaban J connectivity index is 1.89. The fraction of sp³-hybridized carbons (Fsp3) is 0.130. The molecule has 0 saturated carbocycles. The molecule has 0 N–H and O–H groups in total. The molecule has 0 radical (unpaired) electrons. The Hall–Kier alpha value is -3.40. The number of ketones is 2. The minimum Gasteiger partial charge on any atom is -0.338 e. The molecular weight excluding hydrogens is 336 g/mol. The Morgan fingerprint density at radius 1 is 0.556 bits per heavy atom. The van der Waals surface area contributed by atoms with Crippen molar-refractivity contribution in [3.8, 4) is 11.1 Å². The van der Waals surface area contributed by atoms with Gasteiger partial charge in [-0.2, -0.15) is 0 Å². The molecule has 0 atom stereocenters. The molecule has 0 unspecified atom stereocenters. The lowest BCUT2D eigenvalue weighted by molar-refractivity contribution is 0.0797. The van der Waals surface area contributed by atoms with Gasteiger partial charge in [-0.05, 0) is 12.1 Å². The zero-order valence-corrected chi connectivity index (χ0v) is 15.1. The van der Waals surface area contributed by atoms with E-state index in [-0.39, 0.29) is 11.6 Å². The number of carbonyl (C=O) groups excluding carboxylic acids is 2. The van der Waals surface area contributed by atoms with Crippen LogP contribution in [0.5, 0.6) is 0 Å². The van der Waals surface area contributed by atoms with Crippen LogP contribution in [0, 0.1) is 0 Å². The number of fused-ring (bicyclic) bond motifs is 4. The molecule has 0 bridgehead atoms. The molecule has 3 aromatic rings. The van der Waals surface area contributed by atoms with Gasteiger partial charge in [0.1, 0.15) is 0 Å². The van der Waals surface area contributed by atoms with Crippen LogP contribution in [0.25, 0.3) is 11.1 Å². The molecule has 0 amide bonds. The van der Waals surface area contributed by atoms with Gasteiger partial charge in [0.15, 0.2) is 0 Å². The average Bonchev–Trinajstić information content (AvgIpc) is 2.90. The van der Waals surface area contributed by atoms with Gasteiger partial charge in [0.25, 0.3) is 0 Å². The van der Waals surface area contributed by atoms with Crippen molar-refractivity contribution in [2.24, 2.45) is 0 Å². The zero-order chi connectivity index (χ0) is 18.8. The summed E-state index contributed by atoms with van der Waals surface area (Å²) in [5, 5.41) is 0. The molecule has 27 heavy (non-hydrogen) atoms. The number of rotatable bonds is 0. The molecule has 5 rings (SSSR count). The number of benzene rings is 3. The molecule has 4 nitrogen and oxygen atoms in total. The molecule has 0 fully saturated rings. The number of hydrogen-bond donors (Lipinski definition) is 0. The summed E-state index contributed by atoms with van der Waals surface area (Å²) >= 11 is 0. The van der Waals surface area contributed by atoms with Crippen molar-refractivity contribution in [3.63, 3.8) is 0 Å². The van der Waals surface area contributed by atoms with Gasteiger partial charge in [-0.1, -0.05) is 60.7 Å². The van der Waals surface area contributed by atoms with Crippen LogP contribution in [0.15, 0.2) is 72.8 Å². The number of carbonyl (C=O) groups is 2. The Labute approximate surface area is 157 Å². The van der Waals surface area contributed by atoms with E-state index < -0.39 is 5.66 Å². The molecule has 0 aromatic heterocycles. The predicted octanol–water partition coefficient (Wildman–Crippen LogP) is 4.02. The molecule has 3 aromatic carbocycles. The van der Waals surface area contributed by atoms with Crippen LogP contribution in [0.4, 0.5) is 11.4 Å². The van der Waals surface area contributed by atoms with E-state index in [1.54, 1.807) is 12.1 Å². The summed E-state index contributed by atoms with van der Waals surface area (Å²) in [6.45, 7) is 0. The third kappa shape index (κ3) is 1.77. The lowest BCUT2D eigenvalue weighted by Crippen LogP contribution is -2.66. The van der Waals surface area contributed by atoms with E-state index in [1.807, 2.05) is 84.6 Å². The molecule has 0 saturated heterocycles. The first-order chi connectivity index (χ1) is 13.1. The van der Waals surface area contributed by atoms with E-state index in [0.717, 1.165) is 22.5 Å². The molecule has 1 aliphatic heterocycles. The molecule has 1 spiro atoms. The summed E-state index contributed by atoms with van der Waals surface area (Å²) in [7, 11) is 3.67. The number of nitrogens with zero attached hydrogens (tertiary/aromatic N) is 2. The second-order valence-electron chi connectivity index (χ2n) is 7.03. The summed E-state index contributed by atoms with van der Waals surface area (Å²) in [5.41, 5.74) is 3.29. The SMILES string of the molecule is CN1c2ccccc2-c2ccccc2N(C)C12C(=O)c1ccccc1C2=O. The minimum atomic E-state index is -1.42. The maximum atomic E-state index is 13.7. The van der Waals surface area contributed by atoms with Crippen LogP contribution in [0.2, 0.25) is 0 Å². The van der Waals surface area contributed by atoms with Gasteiger partial charge in [-0.25, -0.2) is 0 Å². The van der Waals surface area contributed by atoms with Gasteiger partial charge in [0, 0.05) is 47.7 Å². The van der Waals surface area contributed by atoms with E-state index in [0.29, 0.717) is 11.1 Å². The highest BCUT2D eigenvalue weighted by Crippen LogP contribution is 2.48. The summed E-state index contributed by atoms with van der Waals surface area (Å²) in [4.78, 5) is 31.0. The first kappa shape index (κ1) is 15.8. The number of hydrogen-bond acceptors (Lipinski definition) is 4. The van der Waals surface area contributed by atoms with Crippen LogP contribution >= 0.6 is 0 Å². The number of para-hydroxylation sites is 2. The number of anilines is 2. The van der Waals surface area contributed by atoms with Gasteiger partial charge < -0.3 is 9.80 Å². The highest BCUT2D eigenvalue weighted by Gasteiger charge is 2.60. The summed E-state index contributed by atoms with van der Waals surface area (Å²) in [6.07, 6.45) is 0. The molecule has 1 heterocycles. The van der Waals surface area contributed by atoms with Gasteiger partial charge in [-0.3, -0.25) is 9.59 Å². The zero-order valence-electron chi connectivity index (χ0n) is 15.1. The van der Waals surface area contributed by atoms with E-state index in [9.17, 15) is 9.59 Å². The van der Waals surface area contributed by atoms with Gasteiger partial charge >= 0.3 is 0 Å². The fourth-order valence-corrected chi connectivity index (χ4v) is 4.53. The van der Waals surface area contributed by atoms with Crippen molar-refractivity contribution < 1.29 is 9.59 Å². The van der Waals surface area contributed by atoms with Crippen molar-refractivity contribution in [2.45, 2.75) is 5.66 Å². The molecule has 1 aliphatic carbocycles. The molecule has 132 valence electrons. The maximum absolute atomic E-state index is 13.7. The van der Waals surface area contributed by atoms with Crippen molar-refractivity contribution in [3.05, 3.63) is 83.9 Å². The third-order valence-electron chi connectivity index (χ3n) is 5.84. The number of Topliss-reactive ketones (excluding diaryl/α,β-unsaturated/α-hetero) is 2. The van der Waals surface area contributed by atoms with Crippen molar-refractivity contribution >= 4 is 22.9 Å². The smallest absolute Gasteiger partial charge is 0.242 e. The lowest BCUT2D eigenvalue weighted by atomic mass is 9.99. The van der Waals surface area contributed by atoms with Crippen LogP contribution in [-0.2, 0) is 0 Å². The summed E-state index contributed by atoms with van der Waals surface area (Å²) < 4.78 is 0. The summed E-state index contributed by atoms with van der Waals surface area (Å²) in [6, 6.07) is 23.0. The topological polar surface area (TPSA) is 40.6 Å². The Kier molecular flexibility index (Phi) is 3.11. The Morgan fingerprint density at radius 2 is 0.889 bits per heavy atom. The van der Waals surface area contributed by atoms with Crippen molar-refractivity contribution in [1.82, 2.24) is 0 Å². The van der Waals surface area contributed by atoms with Crippen LogP contribution in [0.3, 0.4) is 0 Å². The Morgan fingerprint density at radius 3 is 1.30 bits per heavy atom. The highest BCUT2D eigenvalue weighted by atomic mass is 16.2. The van der Waals surface area contributed by atoms with Crippen LogP contribution < -0.4 is 9.80 Å².